The van der Waals surface area contributed by atoms with Crippen LogP contribution in [-0.2, 0) is 11.3 Å². The lowest BCUT2D eigenvalue weighted by Gasteiger charge is -2.40. The minimum Gasteiger partial charge on any atom is -0.405 e. The maximum atomic E-state index is 13.1. The van der Waals surface area contributed by atoms with E-state index in [9.17, 15) is 13.2 Å². The monoisotopic (exact) mass is 580 g/mol. The Bertz CT molecular complexity index is 1430. The van der Waals surface area contributed by atoms with Crippen LogP contribution in [-0.4, -0.2) is 37.8 Å². The van der Waals surface area contributed by atoms with Crippen molar-refractivity contribution in [1.82, 2.24) is 5.16 Å². The normalized spacial score (nSPS) is 22.4. The third-order valence-corrected chi connectivity index (χ3v) is 8.91. The summed E-state index contributed by atoms with van der Waals surface area (Å²) < 4.78 is 55.8. The Morgan fingerprint density at radius 2 is 1.66 bits per heavy atom. The van der Waals surface area contributed by atoms with Crippen LogP contribution in [0.5, 0.6) is 5.75 Å². The van der Waals surface area contributed by atoms with Crippen molar-refractivity contribution in [2.24, 2.45) is 0 Å². The van der Waals surface area contributed by atoms with E-state index in [1.165, 1.54) is 17.8 Å². The standard InChI is InChI=1S/C32H35F3N2O3Si/c1-41(2,3)17-16-21-8-12-23(13-9-21)37-24-14-15-25(37)19-26(18-24)38-20-28-30(36-40-31(28)22-10-11-22)27-6-4-5-7-29(27)39-32(33,34)35/h4-9,12-13,22,24-26H,10-11,14-15,18-20H2,1-3H3/t24-,25+,26+. The number of piperidine rings is 1. The van der Waals surface area contributed by atoms with Crippen molar-refractivity contribution in [3.05, 3.63) is 65.4 Å². The van der Waals surface area contributed by atoms with Gasteiger partial charge in [0.25, 0.3) is 0 Å². The van der Waals surface area contributed by atoms with Crippen LogP contribution in [0.3, 0.4) is 0 Å². The van der Waals surface area contributed by atoms with Crippen LogP contribution in [0.25, 0.3) is 11.3 Å². The summed E-state index contributed by atoms with van der Waals surface area (Å²) in [6, 6.07) is 15.5. The number of fused-ring (bicyclic) bond motifs is 2. The number of rotatable bonds is 7. The van der Waals surface area contributed by atoms with Crippen molar-refractivity contribution in [3.63, 3.8) is 0 Å². The minimum atomic E-state index is -4.80. The number of nitrogens with zero attached hydrogens (tertiary/aromatic N) is 2. The summed E-state index contributed by atoms with van der Waals surface area (Å²) in [6.07, 6.45) is 1.26. The molecule has 2 saturated heterocycles. The lowest BCUT2D eigenvalue weighted by molar-refractivity contribution is -0.274. The van der Waals surface area contributed by atoms with Crippen LogP contribution < -0.4 is 9.64 Å². The Labute approximate surface area is 240 Å². The number of benzene rings is 2. The zero-order valence-electron chi connectivity index (χ0n) is 23.6. The number of anilines is 1. The Balaban J connectivity index is 1.16. The maximum Gasteiger partial charge on any atom is 0.573 e. The molecule has 0 radical (unpaired) electrons. The Morgan fingerprint density at radius 1 is 0.976 bits per heavy atom. The van der Waals surface area contributed by atoms with E-state index in [0.717, 1.165) is 55.4 Å². The van der Waals surface area contributed by atoms with E-state index in [0.29, 0.717) is 17.8 Å². The fourth-order valence-corrected chi connectivity index (χ4v) is 6.60. The summed E-state index contributed by atoms with van der Waals surface area (Å²) in [4.78, 5) is 2.54. The molecule has 1 aliphatic carbocycles. The largest absolute Gasteiger partial charge is 0.573 e. The first-order valence-corrected chi connectivity index (χ1v) is 17.9. The molecule has 9 heteroatoms. The van der Waals surface area contributed by atoms with Gasteiger partial charge in [-0.1, -0.05) is 42.9 Å². The van der Waals surface area contributed by atoms with Crippen LogP contribution in [0.4, 0.5) is 18.9 Å². The number of ether oxygens (including phenoxy) is 2. The van der Waals surface area contributed by atoms with Gasteiger partial charge < -0.3 is 18.9 Å². The molecule has 5 nitrogen and oxygen atoms in total. The zero-order valence-corrected chi connectivity index (χ0v) is 24.6. The van der Waals surface area contributed by atoms with Gasteiger partial charge in [0.1, 0.15) is 25.3 Å². The third-order valence-electron chi connectivity index (χ3n) is 8.04. The summed E-state index contributed by atoms with van der Waals surface area (Å²) in [5.74, 6) is 4.00. The van der Waals surface area contributed by atoms with E-state index in [-0.39, 0.29) is 29.9 Å². The van der Waals surface area contributed by atoms with Gasteiger partial charge in [-0.3, -0.25) is 0 Å². The van der Waals surface area contributed by atoms with Gasteiger partial charge in [0, 0.05) is 40.4 Å². The third kappa shape index (κ3) is 6.49. The number of alkyl halides is 3. The molecule has 0 amide bonds. The smallest absolute Gasteiger partial charge is 0.405 e. The molecule has 0 N–H and O–H groups in total. The number of para-hydroxylation sites is 1. The molecule has 2 aromatic carbocycles. The van der Waals surface area contributed by atoms with Gasteiger partial charge in [-0.05, 0) is 74.9 Å². The fourth-order valence-electron chi connectivity index (χ4n) is 6.08. The molecule has 6 rings (SSSR count). The first kappa shape index (κ1) is 27.9. The quantitative estimate of drug-likeness (QED) is 0.209. The van der Waals surface area contributed by atoms with E-state index in [4.69, 9.17) is 9.26 Å². The molecule has 216 valence electrons. The van der Waals surface area contributed by atoms with Crippen LogP contribution >= 0.6 is 0 Å². The Hall–Kier alpha value is -3.22. The second-order valence-electron chi connectivity index (χ2n) is 12.4. The van der Waals surface area contributed by atoms with Crippen molar-refractivity contribution in [3.8, 4) is 28.5 Å². The molecule has 0 spiro atoms. The average molecular weight is 581 g/mol. The van der Waals surface area contributed by atoms with Crippen molar-refractivity contribution in [2.75, 3.05) is 4.90 Å². The van der Waals surface area contributed by atoms with E-state index in [1.54, 1.807) is 12.1 Å². The highest BCUT2D eigenvalue weighted by atomic mass is 28.3. The number of hydrogen-bond acceptors (Lipinski definition) is 5. The summed E-state index contributed by atoms with van der Waals surface area (Å²) in [6.45, 7) is 6.99. The molecule has 1 aromatic heterocycles. The molecule has 0 unspecified atom stereocenters. The van der Waals surface area contributed by atoms with E-state index in [1.807, 2.05) is 0 Å². The molecule has 1 saturated carbocycles. The summed E-state index contributed by atoms with van der Waals surface area (Å²) in [5.41, 5.74) is 7.07. The van der Waals surface area contributed by atoms with E-state index >= 15 is 0 Å². The van der Waals surface area contributed by atoms with Gasteiger partial charge in [-0.2, -0.15) is 0 Å². The molecule has 2 bridgehead atoms. The number of halogens is 3. The molecule has 3 atom stereocenters. The van der Waals surface area contributed by atoms with Crippen LogP contribution in [0.2, 0.25) is 19.6 Å². The van der Waals surface area contributed by atoms with E-state index < -0.39 is 14.4 Å². The van der Waals surface area contributed by atoms with Gasteiger partial charge in [-0.15, -0.1) is 18.7 Å². The van der Waals surface area contributed by atoms with Crippen LogP contribution in [0, 0.1) is 11.5 Å². The molecule has 3 heterocycles. The highest BCUT2D eigenvalue weighted by Crippen LogP contribution is 2.46. The average Bonchev–Trinajstić information content (AvgIpc) is 3.62. The van der Waals surface area contributed by atoms with Crippen LogP contribution in [0.15, 0.2) is 53.1 Å². The molecule has 3 aliphatic rings. The number of hydrogen-bond donors (Lipinski definition) is 0. The van der Waals surface area contributed by atoms with Gasteiger partial charge in [0.05, 0.1) is 12.7 Å². The number of aromatic nitrogens is 1. The van der Waals surface area contributed by atoms with Gasteiger partial charge in [-0.25, -0.2) is 0 Å². The molecule has 41 heavy (non-hydrogen) atoms. The maximum absolute atomic E-state index is 13.1. The second-order valence-corrected chi connectivity index (χ2v) is 17.2. The van der Waals surface area contributed by atoms with Crippen LogP contribution in [0.1, 0.15) is 61.3 Å². The lowest BCUT2D eigenvalue weighted by atomic mass is 9.98. The van der Waals surface area contributed by atoms with E-state index in [2.05, 4.69) is 70.2 Å². The van der Waals surface area contributed by atoms with Crippen molar-refractivity contribution >= 4 is 13.8 Å². The van der Waals surface area contributed by atoms with Crippen molar-refractivity contribution in [2.45, 2.75) is 95.2 Å². The minimum absolute atomic E-state index is 0.0575. The first-order valence-electron chi connectivity index (χ1n) is 14.4. The fraction of sp³-hybridized carbons (Fsp3) is 0.469. The molecule has 3 aromatic rings. The molecular weight excluding hydrogens is 545 g/mol. The lowest BCUT2D eigenvalue weighted by Crippen LogP contribution is -2.45. The summed E-state index contributed by atoms with van der Waals surface area (Å²) >= 11 is 0. The summed E-state index contributed by atoms with van der Waals surface area (Å²) in [7, 11) is -1.42. The predicted molar refractivity (Wildman–Crippen MR) is 154 cm³/mol. The highest BCUT2D eigenvalue weighted by Gasteiger charge is 2.42. The first-order chi connectivity index (χ1) is 19.5. The molecular formula is C32H35F3N2O3Si. The van der Waals surface area contributed by atoms with Gasteiger partial charge in [0.2, 0.25) is 0 Å². The van der Waals surface area contributed by atoms with Gasteiger partial charge in [0.15, 0.2) is 0 Å². The Kier molecular flexibility index (Phi) is 7.41. The van der Waals surface area contributed by atoms with Gasteiger partial charge >= 0.3 is 6.36 Å². The summed E-state index contributed by atoms with van der Waals surface area (Å²) in [5, 5.41) is 4.21. The van der Waals surface area contributed by atoms with Crippen molar-refractivity contribution in [1.29, 1.82) is 0 Å². The predicted octanol–water partition coefficient (Wildman–Crippen LogP) is 8.06. The topological polar surface area (TPSA) is 47.7 Å². The zero-order chi connectivity index (χ0) is 28.8. The SMILES string of the molecule is C[Si](C)(C)C#Cc1ccc(N2[C@@H]3CC[C@H]2C[C@@H](OCc2c(-c4ccccc4OC(F)(F)F)noc2C2CC2)C3)cc1. The highest BCUT2D eigenvalue weighted by molar-refractivity contribution is 6.83. The Morgan fingerprint density at radius 3 is 2.29 bits per heavy atom. The molecule has 2 aliphatic heterocycles. The second kappa shape index (κ2) is 10.9. The van der Waals surface area contributed by atoms with Crippen molar-refractivity contribution < 1.29 is 27.2 Å². The molecule has 3 fully saturated rings.